The second kappa shape index (κ2) is 7.76. The standard InChI is InChI=1S/C14H26N2O3S/c1-4-11-9-16(7-8-20-11)13(19)15-10-14(5-2,6-3)12(17)18/h11H,4-10H2,1-3H3,(H,15,19)(H,17,18). The summed E-state index contributed by atoms with van der Waals surface area (Å²) in [6, 6.07) is -0.128. The van der Waals surface area contributed by atoms with Crippen molar-refractivity contribution in [1.82, 2.24) is 10.2 Å². The van der Waals surface area contributed by atoms with Gasteiger partial charge in [0.25, 0.3) is 0 Å². The molecule has 20 heavy (non-hydrogen) atoms. The number of carboxylic acids is 1. The number of nitrogens with zero attached hydrogens (tertiary/aromatic N) is 1. The quantitative estimate of drug-likeness (QED) is 0.790. The molecule has 2 amide bonds. The summed E-state index contributed by atoms with van der Waals surface area (Å²) in [5.41, 5.74) is -0.843. The van der Waals surface area contributed by atoms with Gasteiger partial charge in [-0.2, -0.15) is 11.8 Å². The molecule has 1 fully saturated rings. The Morgan fingerprint density at radius 2 is 2.00 bits per heavy atom. The fraction of sp³-hybridized carbons (Fsp3) is 0.857. The molecule has 0 aliphatic carbocycles. The Bertz CT molecular complexity index is 345. The molecule has 0 aromatic rings. The highest BCUT2D eigenvalue weighted by Crippen LogP contribution is 2.26. The van der Waals surface area contributed by atoms with Crippen molar-refractivity contribution in [3.05, 3.63) is 0 Å². The molecule has 1 rings (SSSR count). The summed E-state index contributed by atoms with van der Waals surface area (Å²) in [5, 5.41) is 12.7. The van der Waals surface area contributed by atoms with Crippen LogP contribution in [0.2, 0.25) is 0 Å². The van der Waals surface area contributed by atoms with Crippen molar-refractivity contribution < 1.29 is 14.7 Å². The number of hydrogen-bond donors (Lipinski definition) is 2. The zero-order chi connectivity index (χ0) is 15.2. The predicted molar refractivity (Wildman–Crippen MR) is 82.2 cm³/mol. The molecule has 0 bridgehead atoms. The van der Waals surface area contributed by atoms with Gasteiger partial charge in [-0.25, -0.2) is 4.79 Å². The third-order valence-electron chi connectivity index (χ3n) is 4.27. The van der Waals surface area contributed by atoms with Gasteiger partial charge in [0.1, 0.15) is 0 Å². The molecule has 6 heteroatoms. The van der Waals surface area contributed by atoms with E-state index in [0.29, 0.717) is 18.1 Å². The lowest BCUT2D eigenvalue weighted by Crippen LogP contribution is -2.50. The first-order chi connectivity index (χ1) is 9.49. The smallest absolute Gasteiger partial charge is 0.317 e. The first-order valence-electron chi connectivity index (χ1n) is 7.36. The topological polar surface area (TPSA) is 69.6 Å². The van der Waals surface area contributed by atoms with E-state index >= 15 is 0 Å². The number of nitrogens with one attached hydrogen (secondary N) is 1. The molecule has 0 aromatic carbocycles. The van der Waals surface area contributed by atoms with Crippen LogP contribution in [-0.2, 0) is 4.79 Å². The highest BCUT2D eigenvalue weighted by Gasteiger charge is 2.35. The van der Waals surface area contributed by atoms with Crippen molar-refractivity contribution in [2.45, 2.75) is 45.3 Å². The molecule has 1 heterocycles. The minimum Gasteiger partial charge on any atom is -0.481 e. The van der Waals surface area contributed by atoms with E-state index in [1.807, 2.05) is 30.5 Å². The van der Waals surface area contributed by atoms with Gasteiger partial charge in [-0.1, -0.05) is 20.8 Å². The molecule has 1 aliphatic heterocycles. The maximum atomic E-state index is 12.2. The fourth-order valence-electron chi connectivity index (χ4n) is 2.39. The molecule has 2 N–H and O–H groups in total. The van der Waals surface area contributed by atoms with Crippen molar-refractivity contribution in [2.75, 3.05) is 25.4 Å². The molecular formula is C14H26N2O3S. The number of urea groups is 1. The Hall–Kier alpha value is -0.910. The number of aliphatic carboxylic acids is 1. The monoisotopic (exact) mass is 302 g/mol. The van der Waals surface area contributed by atoms with Crippen LogP contribution < -0.4 is 5.32 Å². The second-order valence-electron chi connectivity index (χ2n) is 5.30. The number of hydrogen-bond acceptors (Lipinski definition) is 3. The normalized spacial score (nSPS) is 19.8. The molecule has 116 valence electrons. The predicted octanol–water partition coefficient (Wildman–Crippen LogP) is 2.41. The lowest BCUT2D eigenvalue weighted by atomic mass is 9.82. The number of amides is 2. The van der Waals surface area contributed by atoms with Crippen LogP contribution in [0.4, 0.5) is 4.79 Å². The molecule has 0 saturated carbocycles. The van der Waals surface area contributed by atoms with Gasteiger partial charge in [0.15, 0.2) is 0 Å². The van der Waals surface area contributed by atoms with Crippen LogP contribution >= 0.6 is 11.8 Å². The zero-order valence-corrected chi connectivity index (χ0v) is 13.5. The van der Waals surface area contributed by atoms with Gasteiger partial charge < -0.3 is 15.3 Å². The maximum absolute atomic E-state index is 12.2. The molecule has 1 saturated heterocycles. The average molecular weight is 302 g/mol. The molecule has 1 aliphatic rings. The average Bonchev–Trinajstić information content (AvgIpc) is 2.48. The Balaban J connectivity index is 2.55. The van der Waals surface area contributed by atoms with Crippen LogP contribution in [0.5, 0.6) is 0 Å². The van der Waals surface area contributed by atoms with Gasteiger partial charge in [-0.15, -0.1) is 0 Å². The minimum absolute atomic E-state index is 0.128. The summed E-state index contributed by atoms with van der Waals surface area (Å²) >= 11 is 1.91. The molecule has 1 unspecified atom stereocenters. The van der Waals surface area contributed by atoms with Crippen molar-refractivity contribution in [1.29, 1.82) is 0 Å². The van der Waals surface area contributed by atoms with Gasteiger partial charge in [0.2, 0.25) is 0 Å². The highest BCUT2D eigenvalue weighted by atomic mass is 32.2. The summed E-state index contributed by atoms with van der Waals surface area (Å²) < 4.78 is 0. The summed E-state index contributed by atoms with van der Waals surface area (Å²) in [4.78, 5) is 25.4. The van der Waals surface area contributed by atoms with E-state index in [0.717, 1.165) is 25.3 Å². The van der Waals surface area contributed by atoms with Crippen molar-refractivity contribution >= 4 is 23.8 Å². The summed E-state index contributed by atoms with van der Waals surface area (Å²) in [7, 11) is 0. The summed E-state index contributed by atoms with van der Waals surface area (Å²) in [5.74, 6) is 0.126. The van der Waals surface area contributed by atoms with Crippen LogP contribution in [0, 0.1) is 5.41 Å². The Morgan fingerprint density at radius 3 is 2.50 bits per heavy atom. The number of carboxylic acid groups (broad SMARTS) is 1. The third-order valence-corrected chi connectivity index (χ3v) is 5.64. The van der Waals surface area contributed by atoms with Crippen LogP contribution in [0.15, 0.2) is 0 Å². The van der Waals surface area contributed by atoms with Gasteiger partial charge in [0, 0.05) is 30.6 Å². The van der Waals surface area contributed by atoms with Gasteiger partial charge in [-0.3, -0.25) is 4.79 Å². The lowest BCUT2D eigenvalue weighted by Gasteiger charge is -2.33. The Labute approximate surface area is 125 Å². The molecule has 1 atom stereocenters. The Morgan fingerprint density at radius 1 is 1.35 bits per heavy atom. The lowest BCUT2D eigenvalue weighted by molar-refractivity contribution is -0.149. The summed E-state index contributed by atoms with van der Waals surface area (Å²) in [6.45, 7) is 7.54. The minimum atomic E-state index is -0.843. The molecule has 0 spiro atoms. The second-order valence-corrected chi connectivity index (χ2v) is 6.71. The molecule has 0 radical (unpaired) electrons. The first-order valence-corrected chi connectivity index (χ1v) is 8.41. The van der Waals surface area contributed by atoms with Gasteiger partial charge in [0.05, 0.1) is 5.41 Å². The van der Waals surface area contributed by atoms with E-state index in [1.54, 1.807) is 0 Å². The first kappa shape index (κ1) is 17.1. The SMILES string of the molecule is CCC1CN(C(=O)NCC(CC)(CC)C(=O)O)CCS1. The number of carbonyl (C=O) groups is 2. The summed E-state index contributed by atoms with van der Waals surface area (Å²) in [6.07, 6.45) is 2.09. The molecular weight excluding hydrogens is 276 g/mol. The number of carbonyl (C=O) groups excluding carboxylic acids is 1. The van der Waals surface area contributed by atoms with Crippen molar-refractivity contribution in [3.63, 3.8) is 0 Å². The van der Waals surface area contributed by atoms with E-state index in [4.69, 9.17) is 0 Å². The van der Waals surface area contributed by atoms with Crippen molar-refractivity contribution in [2.24, 2.45) is 5.41 Å². The maximum Gasteiger partial charge on any atom is 0.317 e. The fourth-order valence-corrected chi connectivity index (χ4v) is 3.57. The van der Waals surface area contributed by atoms with Crippen LogP contribution in [0.3, 0.4) is 0 Å². The largest absolute Gasteiger partial charge is 0.481 e. The number of thioether (sulfide) groups is 1. The Kier molecular flexibility index (Phi) is 6.65. The van der Waals surface area contributed by atoms with Crippen LogP contribution in [-0.4, -0.2) is 52.6 Å². The van der Waals surface area contributed by atoms with E-state index in [-0.39, 0.29) is 12.6 Å². The molecule has 0 aromatic heterocycles. The van der Waals surface area contributed by atoms with E-state index in [9.17, 15) is 14.7 Å². The van der Waals surface area contributed by atoms with Crippen molar-refractivity contribution in [3.8, 4) is 0 Å². The zero-order valence-electron chi connectivity index (χ0n) is 12.6. The van der Waals surface area contributed by atoms with Gasteiger partial charge >= 0.3 is 12.0 Å². The van der Waals surface area contributed by atoms with Crippen LogP contribution in [0.25, 0.3) is 0 Å². The van der Waals surface area contributed by atoms with E-state index in [1.165, 1.54) is 0 Å². The highest BCUT2D eigenvalue weighted by molar-refractivity contribution is 8.00. The van der Waals surface area contributed by atoms with E-state index < -0.39 is 11.4 Å². The van der Waals surface area contributed by atoms with Gasteiger partial charge in [-0.05, 0) is 19.3 Å². The molecule has 5 nitrogen and oxygen atoms in total. The van der Waals surface area contributed by atoms with E-state index in [2.05, 4.69) is 12.2 Å². The number of rotatable bonds is 6. The third kappa shape index (κ3) is 4.04. The van der Waals surface area contributed by atoms with Crippen LogP contribution in [0.1, 0.15) is 40.0 Å².